The van der Waals surface area contributed by atoms with Crippen molar-refractivity contribution in [3.8, 4) is 0 Å². The third-order valence-electron chi connectivity index (χ3n) is 16.5. The number of amides is 1. The van der Waals surface area contributed by atoms with Gasteiger partial charge in [-0.25, -0.2) is 0 Å². The number of aliphatic hydroxyl groups is 8. The Balaban J connectivity index is 1.69. The number of ether oxygens (including phenoxy) is 4. The summed E-state index contributed by atoms with van der Waals surface area (Å²) in [6.07, 6.45) is 51.6. The summed E-state index contributed by atoms with van der Waals surface area (Å²) < 4.78 is 22.8. The molecule has 2 heterocycles. The van der Waals surface area contributed by atoms with Crippen LogP contribution in [0.1, 0.15) is 284 Å². The fourth-order valence-corrected chi connectivity index (χ4v) is 11.0. The molecule has 2 fully saturated rings. The Morgan fingerprint density at radius 2 is 0.817 bits per heavy atom. The van der Waals surface area contributed by atoms with Crippen molar-refractivity contribution in [3.05, 3.63) is 48.6 Å². The fraction of sp³-hybridized carbons (Fsp3) is 0.868. The maximum Gasteiger partial charge on any atom is 0.220 e. The minimum atomic E-state index is -1.79. The molecule has 0 aromatic heterocycles. The predicted molar refractivity (Wildman–Crippen MR) is 332 cm³/mol. The summed E-state index contributed by atoms with van der Waals surface area (Å²) in [5, 5.41) is 87.3. The predicted octanol–water partition coefficient (Wildman–Crippen LogP) is 13.1. The maximum atomic E-state index is 13.3. The number of hydrogen-bond donors (Lipinski definition) is 9. The zero-order chi connectivity index (χ0) is 59.5. The van der Waals surface area contributed by atoms with E-state index in [1.807, 2.05) is 6.08 Å². The van der Waals surface area contributed by atoms with Gasteiger partial charge in [0.05, 0.1) is 32.0 Å². The standard InChI is InChI=1S/C68H125NO13/c1-3-5-7-9-11-13-15-17-19-21-23-24-25-26-27-28-29-30-31-32-34-36-38-40-42-44-46-48-50-52-60(73)69-56(57(72)51-49-47-45-43-41-39-37-35-33-22-20-18-16-14-12-10-8-6-4-2)55-79-67-65(78)63(76)66(59(54-71)81-67)82-68-64(77)62(75)61(74)58(53-70)80-68/h15,17,21,23,41,43,49,51,56-59,61-68,70-72,74-78H,3-14,16,18-20,22,24-40,42,44-48,50,52-55H2,1-2H3,(H,69,73)/b17-15-,23-21-,43-41+,51-49+. The summed E-state index contributed by atoms with van der Waals surface area (Å²) in [6, 6.07) is -0.932. The molecule has 0 aromatic rings. The molecule has 12 atom stereocenters. The summed E-state index contributed by atoms with van der Waals surface area (Å²) in [4.78, 5) is 13.3. The van der Waals surface area contributed by atoms with Crippen LogP contribution in [-0.4, -0.2) is 140 Å². The lowest BCUT2D eigenvalue weighted by molar-refractivity contribution is -0.359. The van der Waals surface area contributed by atoms with E-state index in [1.54, 1.807) is 6.08 Å². The molecule has 1 amide bonds. The molecule has 0 bridgehead atoms. The quantitative estimate of drug-likeness (QED) is 0.0204. The van der Waals surface area contributed by atoms with Crippen LogP contribution in [0.2, 0.25) is 0 Å². The van der Waals surface area contributed by atoms with Crippen LogP contribution in [-0.2, 0) is 23.7 Å². The van der Waals surface area contributed by atoms with Crippen molar-refractivity contribution in [2.75, 3.05) is 19.8 Å². The lowest BCUT2D eigenvalue weighted by Gasteiger charge is -2.46. The molecule has 0 radical (unpaired) electrons. The topological polar surface area (TPSA) is 228 Å². The molecular weight excluding hydrogens is 1040 g/mol. The highest BCUT2D eigenvalue weighted by Gasteiger charge is 2.51. The summed E-state index contributed by atoms with van der Waals surface area (Å²) in [5.74, 6) is -0.246. The van der Waals surface area contributed by atoms with Gasteiger partial charge >= 0.3 is 0 Å². The molecule has 0 saturated carbocycles. The van der Waals surface area contributed by atoms with Crippen LogP contribution in [0.3, 0.4) is 0 Å². The summed E-state index contributed by atoms with van der Waals surface area (Å²) in [7, 11) is 0. The lowest BCUT2D eigenvalue weighted by Crippen LogP contribution is -2.65. The molecule has 2 saturated heterocycles. The van der Waals surface area contributed by atoms with Gasteiger partial charge in [0.25, 0.3) is 0 Å². The minimum absolute atomic E-state index is 0.246. The van der Waals surface area contributed by atoms with E-state index in [0.717, 1.165) is 38.5 Å². The van der Waals surface area contributed by atoms with Gasteiger partial charge in [-0.1, -0.05) is 262 Å². The first-order valence-corrected chi connectivity index (χ1v) is 33.9. The van der Waals surface area contributed by atoms with Gasteiger partial charge in [-0.05, 0) is 64.2 Å². The number of hydrogen-bond acceptors (Lipinski definition) is 13. The first-order chi connectivity index (χ1) is 40.1. The van der Waals surface area contributed by atoms with Gasteiger partial charge in [-0.3, -0.25) is 4.79 Å². The van der Waals surface area contributed by atoms with E-state index in [-0.39, 0.29) is 18.9 Å². The van der Waals surface area contributed by atoms with Gasteiger partial charge < -0.3 is 65.1 Å². The fourth-order valence-electron chi connectivity index (χ4n) is 11.0. The molecule has 480 valence electrons. The van der Waals surface area contributed by atoms with Crippen LogP contribution in [0.25, 0.3) is 0 Å². The van der Waals surface area contributed by atoms with Gasteiger partial charge in [0, 0.05) is 6.42 Å². The van der Waals surface area contributed by atoms with Gasteiger partial charge in [-0.2, -0.15) is 0 Å². The van der Waals surface area contributed by atoms with Crippen molar-refractivity contribution < 1.29 is 64.6 Å². The Labute approximate surface area is 499 Å². The smallest absolute Gasteiger partial charge is 0.220 e. The molecule has 12 unspecified atom stereocenters. The van der Waals surface area contributed by atoms with Gasteiger partial charge in [-0.15, -0.1) is 0 Å². The molecule has 14 heteroatoms. The van der Waals surface area contributed by atoms with Crippen LogP contribution in [0.5, 0.6) is 0 Å². The number of carbonyl (C=O) groups excluding carboxylic acids is 1. The van der Waals surface area contributed by atoms with Crippen LogP contribution < -0.4 is 5.32 Å². The van der Waals surface area contributed by atoms with Crippen molar-refractivity contribution in [1.82, 2.24) is 5.32 Å². The normalized spacial score (nSPS) is 24.2. The monoisotopic (exact) mass is 1160 g/mol. The number of rotatable bonds is 55. The van der Waals surface area contributed by atoms with Crippen molar-refractivity contribution in [2.24, 2.45) is 0 Å². The van der Waals surface area contributed by atoms with Crippen LogP contribution in [0.4, 0.5) is 0 Å². The second-order valence-electron chi connectivity index (χ2n) is 23.9. The minimum Gasteiger partial charge on any atom is -0.394 e. The van der Waals surface area contributed by atoms with E-state index in [4.69, 9.17) is 18.9 Å². The molecule has 0 spiro atoms. The van der Waals surface area contributed by atoms with E-state index in [0.29, 0.717) is 12.8 Å². The Kier molecular flexibility index (Phi) is 49.3. The van der Waals surface area contributed by atoms with E-state index in [1.165, 1.54) is 212 Å². The zero-order valence-corrected chi connectivity index (χ0v) is 52.0. The van der Waals surface area contributed by atoms with E-state index in [2.05, 4.69) is 55.6 Å². The lowest BCUT2D eigenvalue weighted by atomic mass is 9.97. The average Bonchev–Trinajstić information content (AvgIpc) is 3.65. The number of allylic oxidation sites excluding steroid dienone is 7. The largest absolute Gasteiger partial charge is 0.394 e. The molecule has 82 heavy (non-hydrogen) atoms. The third kappa shape index (κ3) is 37.5. The zero-order valence-electron chi connectivity index (χ0n) is 52.0. The first kappa shape index (κ1) is 76.0. The molecule has 9 N–H and O–H groups in total. The SMILES string of the molecule is CCCCCCC/C=C\C/C=C\CCCCCCCCCCCCCCCCCCCC(=O)NC(COC1OC(CO)C(OC2OC(CO)C(O)C(O)C2O)C(O)C1O)C(O)/C=C/CC/C=C/CCCCCCCCCCCCCCC. The number of nitrogens with one attached hydrogen (secondary N) is 1. The highest BCUT2D eigenvalue weighted by atomic mass is 16.7. The molecule has 0 aliphatic carbocycles. The summed E-state index contributed by atoms with van der Waals surface area (Å²) >= 11 is 0. The molecule has 2 rings (SSSR count). The highest BCUT2D eigenvalue weighted by molar-refractivity contribution is 5.76. The Hall–Kier alpha value is -2.05. The Morgan fingerprint density at radius 1 is 0.439 bits per heavy atom. The van der Waals surface area contributed by atoms with Crippen molar-refractivity contribution in [3.63, 3.8) is 0 Å². The summed E-state index contributed by atoms with van der Waals surface area (Å²) in [6.45, 7) is 2.80. The Morgan fingerprint density at radius 3 is 1.27 bits per heavy atom. The van der Waals surface area contributed by atoms with Gasteiger partial charge in [0.15, 0.2) is 12.6 Å². The van der Waals surface area contributed by atoms with Gasteiger partial charge in [0.2, 0.25) is 5.91 Å². The van der Waals surface area contributed by atoms with Crippen molar-refractivity contribution in [1.29, 1.82) is 0 Å². The van der Waals surface area contributed by atoms with Crippen molar-refractivity contribution in [2.45, 2.75) is 357 Å². The van der Waals surface area contributed by atoms with E-state index < -0.39 is 86.8 Å². The number of carbonyl (C=O) groups is 1. The van der Waals surface area contributed by atoms with Crippen LogP contribution in [0.15, 0.2) is 48.6 Å². The molecule has 14 nitrogen and oxygen atoms in total. The van der Waals surface area contributed by atoms with Crippen molar-refractivity contribution >= 4 is 5.91 Å². The number of aliphatic hydroxyl groups excluding tert-OH is 8. The number of unbranched alkanes of at least 4 members (excludes halogenated alkanes) is 36. The maximum absolute atomic E-state index is 13.3. The van der Waals surface area contributed by atoms with Crippen LogP contribution >= 0.6 is 0 Å². The molecular formula is C68H125NO13. The van der Waals surface area contributed by atoms with Crippen LogP contribution in [0, 0.1) is 0 Å². The molecule has 0 aromatic carbocycles. The average molecular weight is 1160 g/mol. The first-order valence-electron chi connectivity index (χ1n) is 33.9. The van der Waals surface area contributed by atoms with Gasteiger partial charge in [0.1, 0.15) is 48.8 Å². The summed E-state index contributed by atoms with van der Waals surface area (Å²) in [5.41, 5.74) is 0. The molecule has 2 aliphatic rings. The van der Waals surface area contributed by atoms with E-state index >= 15 is 0 Å². The molecule has 2 aliphatic heterocycles. The third-order valence-corrected chi connectivity index (χ3v) is 16.5. The highest BCUT2D eigenvalue weighted by Crippen LogP contribution is 2.30. The van der Waals surface area contributed by atoms with E-state index in [9.17, 15) is 45.6 Å². The second-order valence-corrected chi connectivity index (χ2v) is 23.9. The second kappa shape index (κ2) is 53.2. The Bertz CT molecular complexity index is 1560.